The van der Waals surface area contributed by atoms with Gasteiger partial charge in [0.15, 0.2) is 5.88 Å². The first kappa shape index (κ1) is 30.2. The maximum absolute atomic E-state index is 6.84. The third-order valence-corrected chi connectivity index (χ3v) is 10.3. The first-order chi connectivity index (χ1) is 25.6. The number of nitrogens with one attached hydrogen (secondary N) is 2. The third kappa shape index (κ3) is 4.80. The number of nitrogen functional groups attached to an aromatic ring is 1. The van der Waals surface area contributed by atoms with Gasteiger partial charge in [-0.3, -0.25) is 5.32 Å². The number of rotatable bonds is 5. The molecule has 0 radical (unpaired) electrons. The number of para-hydroxylation sites is 2. The van der Waals surface area contributed by atoms with Crippen LogP contribution in [0.2, 0.25) is 0 Å². The average molecular weight is 675 g/mol. The monoisotopic (exact) mass is 674 g/mol. The van der Waals surface area contributed by atoms with Crippen LogP contribution in [0.5, 0.6) is 0 Å². The van der Waals surface area contributed by atoms with Crippen LogP contribution in [0.25, 0.3) is 71.2 Å². The highest BCUT2D eigenvalue weighted by atomic mass is 16.3. The van der Waals surface area contributed by atoms with Crippen molar-refractivity contribution in [3.05, 3.63) is 168 Å². The van der Waals surface area contributed by atoms with Gasteiger partial charge in [-0.25, -0.2) is 4.99 Å². The van der Waals surface area contributed by atoms with Gasteiger partial charge in [-0.1, -0.05) is 140 Å². The number of benzene rings is 7. The van der Waals surface area contributed by atoms with Gasteiger partial charge in [-0.2, -0.15) is 0 Å². The molecule has 0 amide bonds. The lowest BCUT2D eigenvalue weighted by Gasteiger charge is -2.33. The number of hydrogen-bond acceptors (Lipinski definition) is 6. The molecule has 2 unspecified atom stereocenters. The Morgan fingerprint density at radius 3 is 2.06 bits per heavy atom. The average Bonchev–Trinajstić information content (AvgIpc) is 3.76. The molecule has 6 nitrogen and oxygen atoms in total. The molecular formula is C46H34N4O2. The van der Waals surface area contributed by atoms with E-state index in [1.54, 1.807) is 0 Å². The smallest absolute Gasteiger partial charge is 0.199 e. The Labute approximate surface area is 299 Å². The van der Waals surface area contributed by atoms with Gasteiger partial charge in [0.1, 0.15) is 34.9 Å². The maximum atomic E-state index is 6.84. The minimum absolute atomic E-state index is 0.214. The van der Waals surface area contributed by atoms with Crippen molar-refractivity contribution in [1.29, 1.82) is 0 Å². The molecule has 0 bridgehead atoms. The molecular weight excluding hydrogens is 641 g/mol. The summed E-state index contributed by atoms with van der Waals surface area (Å²) in [5.41, 5.74) is 15.0. The zero-order valence-corrected chi connectivity index (χ0v) is 28.4. The number of nitrogens with two attached hydrogens (primary N) is 1. The number of fused-ring (bicyclic) bond motifs is 7. The molecule has 1 aliphatic rings. The van der Waals surface area contributed by atoms with Gasteiger partial charge in [-0.05, 0) is 46.3 Å². The molecule has 250 valence electrons. The van der Waals surface area contributed by atoms with Gasteiger partial charge < -0.3 is 19.9 Å². The molecule has 10 rings (SSSR count). The molecule has 0 aliphatic carbocycles. The van der Waals surface area contributed by atoms with Crippen LogP contribution in [0.4, 0.5) is 5.88 Å². The molecule has 0 fully saturated rings. The highest BCUT2D eigenvalue weighted by Crippen LogP contribution is 2.44. The molecule has 4 N–H and O–H groups in total. The first-order valence-corrected chi connectivity index (χ1v) is 17.6. The normalized spacial score (nSPS) is 16.6. The molecule has 0 spiro atoms. The second-order valence-electron chi connectivity index (χ2n) is 13.3. The lowest BCUT2D eigenvalue weighted by Crippen LogP contribution is -2.45. The minimum atomic E-state index is -0.291. The van der Waals surface area contributed by atoms with Gasteiger partial charge in [0.2, 0.25) is 0 Å². The number of anilines is 1. The zero-order valence-electron chi connectivity index (χ0n) is 28.4. The van der Waals surface area contributed by atoms with Crippen LogP contribution < -0.4 is 16.4 Å². The molecule has 52 heavy (non-hydrogen) atoms. The second-order valence-corrected chi connectivity index (χ2v) is 13.3. The van der Waals surface area contributed by atoms with Crippen molar-refractivity contribution in [3.8, 4) is 11.1 Å². The van der Waals surface area contributed by atoms with E-state index in [1.165, 1.54) is 10.8 Å². The minimum Gasteiger partial charge on any atom is -0.455 e. The summed E-state index contributed by atoms with van der Waals surface area (Å²) in [7, 11) is 0. The fourth-order valence-electron chi connectivity index (χ4n) is 7.83. The van der Waals surface area contributed by atoms with Crippen LogP contribution >= 0.6 is 0 Å². The molecule has 7 aromatic carbocycles. The Balaban J connectivity index is 1.11. The summed E-state index contributed by atoms with van der Waals surface area (Å²) in [5, 5.41) is 15.1. The molecule has 0 saturated heterocycles. The quantitative estimate of drug-likeness (QED) is 0.169. The second kappa shape index (κ2) is 12.0. The number of amidine groups is 1. The van der Waals surface area contributed by atoms with E-state index in [2.05, 4.69) is 144 Å². The number of nitrogens with zero attached hydrogens (tertiary/aromatic N) is 1. The van der Waals surface area contributed by atoms with Crippen LogP contribution in [0, 0.1) is 0 Å². The Hall–Kier alpha value is -6.63. The molecule has 0 saturated carbocycles. The number of aliphatic imine (C=N–C) groups is 1. The Bertz CT molecular complexity index is 2900. The van der Waals surface area contributed by atoms with Crippen LogP contribution in [-0.4, -0.2) is 5.84 Å². The van der Waals surface area contributed by atoms with E-state index in [0.29, 0.717) is 11.5 Å². The van der Waals surface area contributed by atoms with E-state index in [0.717, 1.165) is 77.3 Å². The number of allylic oxidation sites excluding steroid dienone is 1. The van der Waals surface area contributed by atoms with Gasteiger partial charge in [-0.15, -0.1) is 0 Å². The van der Waals surface area contributed by atoms with Crippen LogP contribution in [0.1, 0.15) is 35.9 Å². The van der Waals surface area contributed by atoms with E-state index < -0.39 is 0 Å². The topological polar surface area (TPSA) is 88.7 Å². The summed E-state index contributed by atoms with van der Waals surface area (Å²) in [5.74, 6) is 1.07. The van der Waals surface area contributed by atoms with Gasteiger partial charge in [0.05, 0.1) is 5.56 Å². The Kier molecular flexibility index (Phi) is 6.98. The predicted molar refractivity (Wildman–Crippen MR) is 214 cm³/mol. The van der Waals surface area contributed by atoms with E-state index in [1.807, 2.05) is 25.1 Å². The van der Waals surface area contributed by atoms with Crippen LogP contribution in [-0.2, 0) is 0 Å². The summed E-state index contributed by atoms with van der Waals surface area (Å²) in [6.07, 6.45) is 1.56. The molecule has 2 atom stereocenters. The summed E-state index contributed by atoms with van der Waals surface area (Å²) in [6, 6.07) is 50.4. The Morgan fingerprint density at radius 2 is 1.25 bits per heavy atom. The molecule has 3 heterocycles. The molecule has 1 aliphatic heterocycles. The third-order valence-electron chi connectivity index (χ3n) is 10.3. The first-order valence-electron chi connectivity index (χ1n) is 17.6. The number of furan rings is 2. The molecule has 9 aromatic rings. The predicted octanol–water partition coefficient (Wildman–Crippen LogP) is 11.3. The van der Waals surface area contributed by atoms with E-state index in [9.17, 15) is 0 Å². The fourth-order valence-corrected chi connectivity index (χ4v) is 7.83. The standard InChI is InChI=1S/C46H34N4O2/c1-2-32(46-49-44(29-14-4-3-5-15-29)48-45(50-46)31-23-22-27-12-6-7-16-30(27)26-31)39-38-21-11-20-35(42(38)52-43(39)47)34-18-10-19-36-37-25-24-28-13-8-9-17-33(28)40(37)51-41(34)36/h2-26,44-45,48H,47H2,1H3,(H,49,50)/b32-2+. The highest BCUT2D eigenvalue weighted by molar-refractivity contribution is 6.27. The van der Waals surface area contributed by atoms with Gasteiger partial charge in [0.25, 0.3) is 0 Å². The van der Waals surface area contributed by atoms with E-state index >= 15 is 0 Å². The maximum Gasteiger partial charge on any atom is 0.199 e. The largest absolute Gasteiger partial charge is 0.455 e. The molecule has 6 heteroatoms. The van der Waals surface area contributed by atoms with Gasteiger partial charge >= 0.3 is 0 Å². The fraction of sp³-hybridized carbons (Fsp3) is 0.0652. The summed E-state index contributed by atoms with van der Waals surface area (Å²) in [6.45, 7) is 2.02. The zero-order chi connectivity index (χ0) is 34.8. The van der Waals surface area contributed by atoms with Crippen molar-refractivity contribution < 1.29 is 8.83 Å². The SMILES string of the molecule is C/C=C(/C1=NC(c2ccccc2)NC(c2ccc3ccccc3c2)N1)c1c(N)oc2c(-c3cccc4c3oc3c5ccccc5ccc43)cccc12. The number of hydrogen-bond donors (Lipinski definition) is 3. The van der Waals surface area contributed by atoms with E-state index in [4.69, 9.17) is 19.6 Å². The van der Waals surface area contributed by atoms with E-state index in [-0.39, 0.29) is 12.3 Å². The Morgan fingerprint density at radius 1 is 0.596 bits per heavy atom. The summed E-state index contributed by atoms with van der Waals surface area (Å²) < 4.78 is 13.2. The van der Waals surface area contributed by atoms with Crippen LogP contribution in [0.15, 0.2) is 165 Å². The highest BCUT2D eigenvalue weighted by Gasteiger charge is 2.30. The van der Waals surface area contributed by atoms with Crippen molar-refractivity contribution in [2.24, 2.45) is 4.99 Å². The van der Waals surface area contributed by atoms with Crippen molar-refractivity contribution in [2.45, 2.75) is 19.3 Å². The van der Waals surface area contributed by atoms with Crippen molar-refractivity contribution >= 4 is 71.7 Å². The summed E-state index contributed by atoms with van der Waals surface area (Å²) >= 11 is 0. The molecule has 2 aromatic heterocycles. The van der Waals surface area contributed by atoms with Crippen molar-refractivity contribution in [3.63, 3.8) is 0 Å². The van der Waals surface area contributed by atoms with Crippen molar-refractivity contribution in [1.82, 2.24) is 10.6 Å². The lowest BCUT2D eigenvalue weighted by atomic mass is 9.96. The summed E-state index contributed by atoms with van der Waals surface area (Å²) in [4.78, 5) is 5.25. The van der Waals surface area contributed by atoms with Gasteiger partial charge in [0, 0.05) is 38.2 Å². The van der Waals surface area contributed by atoms with Crippen molar-refractivity contribution in [2.75, 3.05) is 5.73 Å². The van der Waals surface area contributed by atoms with Crippen LogP contribution in [0.3, 0.4) is 0 Å². The lowest BCUT2D eigenvalue weighted by molar-refractivity contribution is 0.410.